The van der Waals surface area contributed by atoms with Crippen LogP contribution in [0.4, 0.5) is 0 Å². The van der Waals surface area contributed by atoms with Crippen LogP contribution in [0.25, 0.3) is 0 Å². The van der Waals surface area contributed by atoms with Gasteiger partial charge < -0.3 is 15.3 Å². The van der Waals surface area contributed by atoms with Crippen LogP contribution in [0, 0.1) is 17.8 Å². The van der Waals surface area contributed by atoms with Crippen molar-refractivity contribution in [3.05, 3.63) is 23.8 Å². The van der Waals surface area contributed by atoms with Crippen LogP contribution >= 0.6 is 0 Å². The van der Waals surface area contributed by atoms with E-state index < -0.39 is 12.1 Å². The van der Waals surface area contributed by atoms with Crippen LogP contribution in [-0.4, -0.2) is 33.5 Å². The van der Waals surface area contributed by atoms with E-state index in [9.17, 15) is 15.0 Å². The van der Waals surface area contributed by atoms with Gasteiger partial charge in [0.05, 0.1) is 12.2 Å². The molecule has 3 N–H and O–H groups in total. The summed E-state index contributed by atoms with van der Waals surface area (Å²) >= 11 is 0. The second-order valence-corrected chi connectivity index (χ2v) is 7.81. The molecule has 142 valence electrons. The van der Waals surface area contributed by atoms with Gasteiger partial charge in [0.25, 0.3) is 0 Å². The number of fused-ring (bicyclic) bond motifs is 1. The Labute approximate surface area is 151 Å². The summed E-state index contributed by atoms with van der Waals surface area (Å²) in [6, 6.07) is 0. The van der Waals surface area contributed by atoms with Crippen LogP contribution in [0.15, 0.2) is 23.8 Å². The number of carboxylic acid groups (broad SMARTS) is 1. The molecule has 5 atom stereocenters. The Hall–Kier alpha value is -1.13. The number of unbranched alkanes of at least 4 members (excludes halogenated alkanes) is 3. The van der Waals surface area contributed by atoms with Crippen molar-refractivity contribution in [3.63, 3.8) is 0 Å². The Morgan fingerprint density at radius 2 is 2.08 bits per heavy atom. The third-order valence-electron chi connectivity index (χ3n) is 5.80. The first-order valence-electron chi connectivity index (χ1n) is 9.95. The van der Waals surface area contributed by atoms with Crippen molar-refractivity contribution in [3.8, 4) is 0 Å². The third kappa shape index (κ3) is 6.27. The SMILES string of the molecule is CCCCCC(O)/C=C/[C@@H]1[C@H]2C/C(=C/CCCC(=O)O)C[C@H]2C[C@H]1O. The van der Waals surface area contributed by atoms with Gasteiger partial charge in [-0.25, -0.2) is 0 Å². The van der Waals surface area contributed by atoms with Crippen LogP contribution < -0.4 is 0 Å². The monoisotopic (exact) mass is 350 g/mol. The van der Waals surface area contributed by atoms with Crippen molar-refractivity contribution in [2.45, 2.75) is 83.3 Å². The average Bonchev–Trinajstić information content (AvgIpc) is 3.06. The number of carbonyl (C=O) groups is 1. The fraction of sp³-hybridized carbons (Fsp3) is 0.762. The van der Waals surface area contributed by atoms with Crippen LogP contribution in [0.2, 0.25) is 0 Å². The van der Waals surface area contributed by atoms with Crippen LogP contribution in [-0.2, 0) is 4.79 Å². The van der Waals surface area contributed by atoms with Crippen molar-refractivity contribution >= 4 is 5.97 Å². The molecule has 1 unspecified atom stereocenters. The second-order valence-electron chi connectivity index (χ2n) is 7.81. The molecular weight excluding hydrogens is 316 g/mol. The number of aliphatic hydroxyl groups excluding tert-OH is 2. The molecule has 2 fully saturated rings. The van der Waals surface area contributed by atoms with E-state index in [4.69, 9.17) is 5.11 Å². The van der Waals surface area contributed by atoms with E-state index in [0.717, 1.165) is 51.4 Å². The lowest BCUT2D eigenvalue weighted by Crippen LogP contribution is -2.17. The molecule has 0 aromatic heterocycles. The summed E-state index contributed by atoms with van der Waals surface area (Å²) in [4.78, 5) is 10.6. The number of rotatable bonds is 10. The lowest BCUT2D eigenvalue weighted by Gasteiger charge is -2.17. The summed E-state index contributed by atoms with van der Waals surface area (Å²) in [5, 5.41) is 29.1. The molecule has 0 amide bonds. The van der Waals surface area contributed by atoms with Gasteiger partial charge >= 0.3 is 5.97 Å². The molecular formula is C21H34O4. The molecule has 0 saturated heterocycles. The Kier molecular flexibility index (Phi) is 8.17. The molecule has 25 heavy (non-hydrogen) atoms. The molecule has 2 aliphatic carbocycles. The van der Waals surface area contributed by atoms with E-state index >= 15 is 0 Å². The predicted octanol–water partition coefficient (Wildman–Crippen LogP) is 4.07. The smallest absolute Gasteiger partial charge is 0.303 e. The normalized spacial score (nSPS) is 31.7. The first-order chi connectivity index (χ1) is 12.0. The topological polar surface area (TPSA) is 77.8 Å². The number of aliphatic hydroxyl groups is 2. The highest BCUT2D eigenvalue weighted by atomic mass is 16.4. The summed E-state index contributed by atoms with van der Waals surface area (Å²) in [6.07, 6.45) is 14.3. The Bertz CT molecular complexity index is 482. The van der Waals surface area contributed by atoms with Crippen molar-refractivity contribution < 1.29 is 20.1 Å². The van der Waals surface area contributed by atoms with E-state index in [2.05, 4.69) is 19.1 Å². The third-order valence-corrected chi connectivity index (χ3v) is 5.80. The lowest BCUT2D eigenvalue weighted by atomic mass is 9.90. The van der Waals surface area contributed by atoms with E-state index in [1.807, 2.05) is 6.08 Å². The number of carboxylic acids is 1. The summed E-state index contributed by atoms with van der Waals surface area (Å²) in [5.41, 5.74) is 1.43. The molecule has 0 aromatic carbocycles. The van der Waals surface area contributed by atoms with Gasteiger partial charge in [0.15, 0.2) is 0 Å². The number of hydrogen-bond donors (Lipinski definition) is 3. The zero-order chi connectivity index (χ0) is 18.2. The number of hydrogen-bond acceptors (Lipinski definition) is 3. The highest BCUT2D eigenvalue weighted by molar-refractivity contribution is 5.66. The highest BCUT2D eigenvalue weighted by Gasteiger charge is 2.44. The Morgan fingerprint density at radius 1 is 1.28 bits per heavy atom. The first-order valence-corrected chi connectivity index (χ1v) is 9.95. The predicted molar refractivity (Wildman–Crippen MR) is 99.2 cm³/mol. The molecule has 2 saturated carbocycles. The maximum Gasteiger partial charge on any atom is 0.303 e. The van der Waals surface area contributed by atoms with Gasteiger partial charge in [0.2, 0.25) is 0 Å². The molecule has 0 radical (unpaired) electrons. The molecule has 2 rings (SSSR count). The van der Waals surface area contributed by atoms with Crippen LogP contribution in [0.1, 0.15) is 71.1 Å². The van der Waals surface area contributed by atoms with E-state index in [0.29, 0.717) is 18.3 Å². The van der Waals surface area contributed by atoms with Crippen molar-refractivity contribution in [2.24, 2.45) is 17.8 Å². The minimum atomic E-state index is -0.729. The van der Waals surface area contributed by atoms with Crippen LogP contribution in [0.5, 0.6) is 0 Å². The summed E-state index contributed by atoms with van der Waals surface area (Å²) in [7, 11) is 0. The Balaban J connectivity index is 1.83. The number of allylic oxidation sites excluding steroid dienone is 2. The van der Waals surface area contributed by atoms with Crippen molar-refractivity contribution in [1.82, 2.24) is 0 Å². The van der Waals surface area contributed by atoms with E-state index in [1.54, 1.807) is 0 Å². The molecule has 0 bridgehead atoms. The lowest BCUT2D eigenvalue weighted by molar-refractivity contribution is -0.137. The fourth-order valence-corrected chi connectivity index (χ4v) is 4.46. The van der Waals surface area contributed by atoms with Crippen molar-refractivity contribution in [1.29, 1.82) is 0 Å². The molecule has 0 aromatic rings. The van der Waals surface area contributed by atoms with E-state index in [1.165, 1.54) is 5.57 Å². The zero-order valence-corrected chi connectivity index (χ0v) is 15.4. The zero-order valence-electron chi connectivity index (χ0n) is 15.4. The quantitative estimate of drug-likeness (QED) is 0.410. The summed E-state index contributed by atoms with van der Waals surface area (Å²) in [5.74, 6) is 0.427. The van der Waals surface area contributed by atoms with Gasteiger partial charge in [0.1, 0.15) is 0 Å². The molecule has 4 nitrogen and oxygen atoms in total. The standard InChI is InChI=1S/C21H34O4/c1-2-3-4-8-17(22)10-11-18-19-13-15(7-5-6-9-21(24)25)12-16(19)14-20(18)23/h7,10-11,16-20,22-23H,2-6,8-9,12-14H2,1H3,(H,24,25)/b11-10+,15-7+/t16-,17?,18+,19-,20+/m0/s1. The van der Waals surface area contributed by atoms with Gasteiger partial charge in [-0.1, -0.05) is 50.0 Å². The summed E-state index contributed by atoms with van der Waals surface area (Å²) < 4.78 is 0. The fourth-order valence-electron chi connectivity index (χ4n) is 4.46. The molecule has 4 heteroatoms. The average molecular weight is 350 g/mol. The molecule has 0 spiro atoms. The minimum absolute atomic E-state index is 0.149. The van der Waals surface area contributed by atoms with E-state index in [-0.39, 0.29) is 18.4 Å². The second kappa shape index (κ2) is 10.1. The molecule has 0 heterocycles. The minimum Gasteiger partial charge on any atom is -0.481 e. The number of aliphatic carboxylic acids is 1. The Morgan fingerprint density at radius 3 is 2.80 bits per heavy atom. The maximum atomic E-state index is 10.6. The van der Waals surface area contributed by atoms with Gasteiger partial charge in [0, 0.05) is 12.3 Å². The summed E-state index contributed by atoms with van der Waals surface area (Å²) in [6.45, 7) is 2.16. The van der Waals surface area contributed by atoms with Crippen molar-refractivity contribution in [2.75, 3.05) is 0 Å². The van der Waals surface area contributed by atoms with Gasteiger partial charge in [-0.15, -0.1) is 0 Å². The molecule has 0 aliphatic heterocycles. The maximum absolute atomic E-state index is 10.6. The van der Waals surface area contributed by atoms with Gasteiger partial charge in [-0.2, -0.15) is 0 Å². The highest BCUT2D eigenvalue weighted by Crippen LogP contribution is 2.50. The first kappa shape index (κ1) is 20.2. The largest absolute Gasteiger partial charge is 0.481 e. The van der Waals surface area contributed by atoms with Gasteiger partial charge in [-0.3, -0.25) is 4.79 Å². The van der Waals surface area contributed by atoms with Gasteiger partial charge in [-0.05, 0) is 50.4 Å². The van der Waals surface area contributed by atoms with Crippen LogP contribution in [0.3, 0.4) is 0 Å². The molecule has 2 aliphatic rings.